The van der Waals surface area contributed by atoms with Gasteiger partial charge in [-0.15, -0.1) is 0 Å². The summed E-state index contributed by atoms with van der Waals surface area (Å²) in [5.74, 6) is 0.384. The molecule has 0 spiro atoms. The van der Waals surface area contributed by atoms with Crippen molar-refractivity contribution in [2.24, 2.45) is 0 Å². The van der Waals surface area contributed by atoms with Crippen molar-refractivity contribution in [2.45, 2.75) is 19.4 Å². The van der Waals surface area contributed by atoms with Gasteiger partial charge in [0.15, 0.2) is 0 Å². The van der Waals surface area contributed by atoms with Crippen LogP contribution in [-0.2, 0) is 0 Å². The molecule has 6 nitrogen and oxygen atoms in total. The van der Waals surface area contributed by atoms with E-state index in [0.717, 1.165) is 24.0 Å². The molecule has 0 N–H and O–H groups in total. The SMILES string of the molecule is CCOc1ncccc1C(=O)N1CC[C@@H](n2cnc3ccccc32)C1. The predicted molar refractivity (Wildman–Crippen MR) is 94.7 cm³/mol. The van der Waals surface area contributed by atoms with E-state index in [-0.39, 0.29) is 11.9 Å². The van der Waals surface area contributed by atoms with Crippen LogP contribution in [0.25, 0.3) is 11.0 Å². The molecule has 1 saturated heterocycles. The van der Waals surface area contributed by atoms with E-state index < -0.39 is 0 Å². The highest BCUT2D eigenvalue weighted by Crippen LogP contribution is 2.28. The Morgan fingerprint density at radius 1 is 1.24 bits per heavy atom. The molecule has 1 amide bonds. The minimum atomic E-state index is -0.0246. The van der Waals surface area contributed by atoms with Crippen LogP contribution in [0, 0.1) is 0 Å². The molecule has 0 radical (unpaired) electrons. The number of hydrogen-bond donors (Lipinski definition) is 0. The van der Waals surface area contributed by atoms with Crippen LogP contribution in [0.15, 0.2) is 48.9 Å². The molecule has 1 fully saturated rings. The number of nitrogens with zero attached hydrogens (tertiary/aromatic N) is 4. The lowest BCUT2D eigenvalue weighted by Gasteiger charge is -2.18. The molecule has 1 atom stereocenters. The summed E-state index contributed by atoms with van der Waals surface area (Å²) in [5, 5.41) is 0. The highest BCUT2D eigenvalue weighted by Gasteiger charge is 2.30. The lowest BCUT2D eigenvalue weighted by molar-refractivity contribution is 0.0782. The monoisotopic (exact) mass is 336 g/mol. The van der Waals surface area contributed by atoms with Gasteiger partial charge >= 0.3 is 0 Å². The third-order valence-corrected chi connectivity index (χ3v) is 4.61. The molecule has 1 aliphatic rings. The second-order valence-electron chi connectivity index (χ2n) is 6.12. The molecular formula is C19H20N4O2. The summed E-state index contributed by atoms with van der Waals surface area (Å²) in [5.41, 5.74) is 2.62. The van der Waals surface area contributed by atoms with Crippen molar-refractivity contribution in [1.29, 1.82) is 0 Å². The van der Waals surface area contributed by atoms with Crippen molar-refractivity contribution in [2.75, 3.05) is 19.7 Å². The van der Waals surface area contributed by atoms with Gasteiger partial charge in [-0.2, -0.15) is 0 Å². The van der Waals surface area contributed by atoms with Crippen molar-refractivity contribution in [3.8, 4) is 5.88 Å². The lowest BCUT2D eigenvalue weighted by atomic mass is 10.2. The van der Waals surface area contributed by atoms with Gasteiger partial charge in [-0.05, 0) is 37.6 Å². The van der Waals surface area contributed by atoms with Crippen LogP contribution in [0.4, 0.5) is 0 Å². The molecule has 0 saturated carbocycles. The first-order valence-corrected chi connectivity index (χ1v) is 8.56. The zero-order valence-electron chi connectivity index (χ0n) is 14.1. The van der Waals surface area contributed by atoms with Crippen LogP contribution in [0.3, 0.4) is 0 Å². The number of carbonyl (C=O) groups excluding carboxylic acids is 1. The molecule has 3 heterocycles. The number of benzene rings is 1. The average molecular weight is 336 g/mol. The minimum absolute atomic E-state index is 0.0246. The molecule has 25 heavy (non-hydrogen) atoms. The first-order chi connectivity index (χ1) is 12.3. The standard InChI is InChI=1S/C19H20N4O2/c1-2-25-18-15(6-5-10-20-18)19(24)22-11-9-14(12-22)23-13-21-16-7-3-4-8-17(16)23/h3-8,10,13-14H,2,9,11-12H2,1H3/t14-/m1/s1. The summed E-state index contributed by atoms with van der Waals surface area (Å²) < 4.78 is 7.68. The minimum Gasteiger partial charge on any atom is -0.477 e. The summed E-state index contributed by atoms with van der Waals surface area (Å²) >= 11 is 0. The Bertz CT molecular complexity index is 905. The first kappa shape index (κ1) is 15.6. The third-order valence-electron chi connectivity index (χ3n) is 4.61. The predicted octanol–water partition coefficient (Wildman–Crippen LogP) is 2.92. The van der Waals surface area contributed by atoms with E-state index in [1.165, 1.54) is 0 Å². The van der Waals surface area contributed by atoms with Crippen LogP contribution < -0.4 is 4.74 Å². The fraction of sp³-hybridized carbons (Fsp3) is 0.316. The summed E-state index contributed by atoms with van der Waals surface area (Å²) in [6.45, 7) is 3.76. The number of fused-ring (bicyclic) bond motifs is 1. The smallest absolute Gasteiger partial charge is 0.259 e. The highest BCUT2D eigenvalue weighted by molar-refractivity contribution is 5.96. The quantitative estimate of drug-likeness (QED) is 0.735. The molecule has 3 aromatic rings. The number of hydrogen-bond acceptors (Lipinski definition) is 4. The molecular weight excluding hydrogens is 316 g/mol. The number of rotatable bonds is 4. The largest absolute Gasteiger partial charge is 0.477 e. The van der Waals surface area contributed by atoms with Crippen LogP contribution in [0.5, 0.6) is 5.88 Å². The maximum Gasteiger partial charge on any atom is 0.259 e. The molecule has 0 bridgehead atoms. The maximum absolute atomic E-state index is 12.9. The normalized spacial score (nSPS) is 17.2. The number of para-hydroxylation sites is 2. The van der Waals surface area contributed by atoms with Gasteiger partial charge in [0, 0.05) is 19.3 Å². The Morgan fingerprint density at radius 2 is 2.12 bits per heavy atom. The zero-order chi connectivity index (χ0) is 17.2. The van der Waals surface area contributed by atoms with E-state index in [9.17, 15) is 4.79 Å². The van der Waals surface area contributed by atoms with E-state index >= 15 is 0 Å². The van der Waals surface area contributed by atoms with E-state index in [1.54, 1.807) is 18.3 Å². The Balaban J connectivity index is 1.55. The molecule has 4 rings (SSSR count). The number of ether oxygens (including phenoxy) is 1. The molecule has 6 heteroatoms. The fourth-order valence-corrected chi connectivity index (χ4v) is 3.40. The van der Waals surface area contributed by atoms with Gasteiger partial charge in [-0.25, -0.2) is 9.97 Å². The number of carbonyl (C=O) groups is 1. The van der Waals surface area contributed by atoms with E-state index in [4.69, 9.17) is 4.74 Å². The van der Waals surface area contributed by atoms with Gasteiger partial charge in [0.2, 0.25) is 5.88 Å². The van der Waals surface area contributed by atoms with Gasteiger partial charge in [0.05, 0.1) is 30.0 Å². The second kappa shape index (κ2) is 6.55. The Hall–Kier alpha value is -2.89. The summed E-state index contributed by atoms with van der Waals surface area (Å²) in [4.78, 5) is 23.4. The van der Waals surface area contributed by atoms with Crippen molar-refractivity contribution < 1.29 is 9.53 Å². The van der Waals surface area contributed by atoms with E-state index in [1.807, 2.05) is 36.4 Å². The number of likely N-dealkylation sites (tertiary alicyclic amines) is 1. The number of amides is 1. The Labute approximate surface area is 146 Å². The topological polar surface area (TPSA) is 60.2 Å². The van der Waals surface area contributed by atoms with Crippen molar-refractivity contribution >= 4 is 16.9 Å². The molecule has 0 aliphatic carbocycles. The van der Waals surface area contributed by atoms with E-state index in [2.05, 4.69) is 20.6 Å². The molecule has 2 aromatic heterocycles. The average Bonchev–Trinajstić information content (AvgIpc) is 3.29. The van der Waals surface area contributed by atoms with Crippen molar-refractivity contribution in [3.63, 3.8) is 0 Å². The van der Waals surface area contributed by atoms with Gasteiger partial charge in [0.25, 0.3) is 5.91 Å². The van der Waals surface area contributed by atoms with Gasteiger partial charge in [0.1, 0.15) is 5.56 Å². The second-order valence-corrected chi connectivity index (χ2v) is 6.12. The number of imidazole rings is 1. The van der Waals surface area contributed by atoms with Crippen molar-refractivity contribution in [1.82, 2.24) is 19.4 Å². The van der Waals surface area contributed by atoms with Crippen LogP contribution in [-0.4, -0.2) is 45.0 Å². The molecule has 1 aliphatic heterocycles. The molecule has 0 unspecified atom stereocenters. The van der Waals surface area contributed by atoms with Gasteiger partial charge in [-0.3, -0.25) is 4.79 Å². The third kappa shape index (κ3) is 2.84. The number of pyridine rings is 1. The molecule has 1 aromatic carbocycles. The van der Waals surface area contributed by atoms with Crippen molar-refractivity contribution in [3.05, 3.63) is 54.5 Å². The maximum atomic E-state index is 12.9. The van der Waals surface area contributed by atoms with Crippen LogP contribution in [0.1, 0.15) is 29.7 Å². The first-order valence-electron chi connectivity index (χ1n) is 8.56. The zero-order valence-corrected chi connectivity index (χ0v) is 14.1. The summed E-state index contributed by atoms with van der Waals surface area (Å²) in [6, 6.07) is 11.9. The van der Waals surface area contributed by atoms with Gasteiger partial charge in [-0.1, -0.05) is 12.1 Å². The molecule has 128 valence electrons. The number of aromatic nitrogens is 3. The summed E-state index contributed by atoms with van der Waals surface area (Å²) in [6.07, 6.45) is 4.43. The Morgan fingerprint density at radius 3 is 3.00 bits per heavy atom. The van der Waals surface area contributed by atoms with Crippen LogP contribution >= 0.6 is 0 Å². The lowest BCUT2D eigenvalue weighted by Crippen LogP contribution is -2.29. The van der Waals surface area contributed by atoms with Crippen LogP contribution in [0.2, 0.25) is 0 Å². The van der Waals surface area contributed by atoms with E-state index in [0.29, 0.717) is 24.6 Å². The Kier molecular flexibility index (Phi) is 4.09. The highest BCUT2D eigenvalue weighted by atomic mass is 16.5. The van der Waals surface area contributed by atoms with Gasteiger partial charge < -0.3 is 14.2 Å². The fourth-order valence-electron chi connectivity index (χ4n) is 3.40. The summed E-state index contributed by atoms with van der Waals surface area (Å²) in [7, 11) is 0.